The third-order valence-corrected chi connectivity index (χ3v) is 6.82. The molecule has 0 bridgehead atoms. The number of benzene rings is 2. The van der Waals surface area contributed by atoms with E-state index in [1.165, 1.54) is 23.1 Å². The molecule has 2 aromatic carbocycles. The molecule has 1 amide bonds. The number of ether oxygens (including phenoxy) is 2. The third-order valence-electron chi connectivity index (χ3n) is 4.95. The predicted molar refractivity (Wildman–Crippen MR) is 126 cm³/mol. The number of hydrogen-bond acceptors (Lipinski definition) is 8. The highest BCUT2D eigenvalue weighted by atomic mass is 32.2. The average molecular weight is 476 g/mol. The minimum atomic E-state index is -0.477. The molecule has 2 aromatic heterocycles. The summed E-state index contributed by atoms with van der Waals surface area (Å²) < 4.78 is 12.8. The first-order valence-corrected chi connectivity index (χ1v) is 11.8. The zero-order chi connectivity index (χ0) is 22.8. The van der Waals surface area contributed by atoms with E-state index in [1.54, 1.807) is 18.4 Å². The van der Waals surface area contributed by atoms with Gasteiger partial charge in [-0.1, -0.05) is 30.0 Å². The summed E-state index contributed by atoms with van der Waals surface area (Å²) in [6.07, 6.45) is 0. The van der Waals surface area contributed by atoms with Gasteiger partial charge in [0, 0.05) is 11.3 Å². The summed E-state index contributed by atoms with van der Waals surface area (Å²) in [6.45, 7) is 1.99. The molecule has 0 fully saturated rings. The van der Waals surface area contributed by atoms with Gasteiger partial charge in [-0.2, -0.15) is 5.26 Å². The normalized spacial score (nSPS) is 12.8. The minimum Gasteiger partial charge on any atom is -0.454 e. The Kier molecular flexibility index (Phi) is 5.73. The van der Waals surface area contributed by atoms with Crippen LogP contribution in [0.1, 0.15) is 12.5 Å². The first-order valence-electron chi connectivity index (χ1n) is 10.00. The highest BCUT2D eigenvalue weighted by Crippen LogP contribution is 2.37. The van der Waals surface area contributed by atoms with Crippen LogP contribution in [0.5, 0.6) is 11.5 Å². The van der Waals surface area contributed by atoms with E-state index in [9.17, 15) is 10.1 Å². The Labute approximate surface area is 197 Å². The van der Waals surface area contributed by atoms with E-state index in [4.69, 9.17) is 9.47 Å². The molecule has 1 aliphatic rings. The first kappa shape index (κ1) is 21.1. The fourth-order valence-electron chi connectivity index (χ4n) is 3.30. The van der Waals surface area contributed by atoms with E-state index in [-0.39, 0.29) is 12.7 Å². The number of rotatable bonds is 6. The molecule has 3 heterocycles. The summed E-state index contributed by atoms with van der Waals surface area (Å²) in [4.78, 5) is 12.8. The van der Waals surface area contributed by atoms with Gasteiger partial charge in [-0.05, 0) is 48.7 Å². The van der Waals surface area contributed by atoms with Gasteiger partial charge in [-0.3, -0.25) is 9.36 Å². The molecular weight excluding hydrogens is 458 g/mol. The van der Waals surface area contributed by atoms with Crippen molar-refractivity contribution in [2.24, 2.45) is 0 Å². The van der Waals surface area contributed by atoms with Gasteiger partial charge in [0.15, 0.2) is 22.5 Å². The number of thioether (sulfide) groups is 1. The van der Waals surface area contributed by atoms with Crippen LogP contribution in [0.2, 0.25) is 0 Å². The maximum atomic E-state index is 12.8. The van der Waals surface area contributed by atoms with Gasteiger partial charge in [-0.15, -0.1) is 21.5 Å². The molecule has 0 saturated carbocycles. The van der Waals surface area contributed by atoms with Gasteiger partial charge in [0.2, 0.25) is 12.7 Å². The van der Waals surface area contributed by atoms with Gasteiger partial charge in [0.25, 0.3) is 0 Å². The zero-order valence-electron chi connectivity index (χ0n) is 17.4. The van der Waals surface area contributed by atoms with Crippen molar-refractivity contribution >= 4 is 34.0 Å². The molecular formula is C23H17N5O3S2. The Morgan fingerprint density at radius 1 is 1.18 bits per heavy atom. The molecule has 0 aliphatic carbocycles. The van der Waals surface area contributed by atoms with Crippen LogP contribution in [0.3, 0.4) is 0 Å². The van der Waals surface area contributed by atoms with E-state index in [2.05, 4.69) is 21.6 Å². The second kappa shape index (κ2) is 8.97. The number of carbonyl (C=O) groups excluding carboxylic acids is 1. The van der Waals surface area contributed by atoms with Crippen LogP contribution in [0, 0.1) is 11.3 Å². The van der Waals surface area contributed by atoms with Crippen molar-refractivity contribution in [3.8, 4) is 34.6 Å². The first-order chi connectivity index (χ1) is 16.1. The van der Waals surface area contributed by atoms with Crippen molar-refractivity contribution in [2.75, 3.05) is 12.1 Å². The van der Waals surface area contributed by atoms with Crippen LogP contribution in [0.15, 0.2) is 65.1 Å². The molecule has 1 aliphatic heterocycles. The Morgan fingerprint density at radius 2 is 2.00 bits per heavy atom. The Hall–Kier alpha value is -3.81. The lowest BCUT2D eigenvalue weighted by molar-refractivity contribution is -0.115. The fourth-order valence-corrected chi connectivity index (χ4v) is 4.91. The van der Waals surface area contributed by atoms with E-state index < -0.39 is 5.25 Å². The van der Waals surface area contributed by atoms with Crippen LogP contribution in [0.4, 0.5) is 5.00 Å². The van der Waals surface area contributed by atoms with E-state index >= 15 is 0 Å². The van der Waals surface area contributed by atoms with E-state index in [0.29, 0.717) is 33.0 Å². The van der Waals surface area contributed by atoms with Crippen molar-refractivity contribution in [1.82, 2.24) is 14.8 Å². The standard InChI is InChI=1S/C23H17N5O3S2/c1-14(21(29)25-22-16(12-24)9-10-32-22)33-23-27-26-20(28(23)17-5-3-2-4-6-17)15-7-8-18-19(11-15)31-13-30-18/h2-11,14H,13H2,1H3,(H,25,29). The van der Waals surface area contributed by atoms with Crippen molar-refractivity contribution in [2.45, 2.75) is 17.3 Å². The molecule has 10 heteroatoms. The third kappa shape index (κ3) is 4.16. The van der Waals surface area contributed by atoms with Gasteiger partial charge >= 0.3 is 0 Å². The highest BCUT2D eigenvalue weighted by Gasteiger charge is 2.24. The van der Waals surface area contributed by atoms with Crippen molar-refractivity contribution in [1.29, 1.82) is 5.26 Å². The zero-order valence-corrected chi connectivity index (χ0v) is 19.0. The van der Waals surface area contributed by atoms with Crippen molar-refractivity contribution < 1.29 is 14.3 Å². The maximum Gasteiger partial charge on any atom is 0.238 e. The monoisotopic (exact) mass is 475 g/mol. The van der Waals surface area contributed by atoms with Gasteiger partial charge < -0.3 is 14.8 Å². The number of nitrogens with one attached hydrogen (secondary N) is 1. The fraction of sp³-hybridized carbons (Fsp3) is 0.130. The molecule has 1 unspecified atom stereocenters. The number of fused-ring (bicyclic) bond motifs is 1. The lowest BCUT2D eigenvalue weighted by atomic mass is 10.2. The molecule has 4 aromatic rings. The molecule has 0 radical (unpaired) electrons. The molecule has 1 atom stereocenters. The van der Waals surface area contributed by atoms with Crippen molar-refractivity contribution in [3.05, 3.63) is 65.5 Å². The largest absolute Gasteiger partial charge is 0.454 e. The number of nitrogens with zero attached hydrogens (tertiary/aromatic N) is 4. The number of nitriles is 1. The van der Waals surface area contributed by atoms with Crippen LogP contribution in [-0.2, 0) is 4.79 Å². The molecule has 0 saturated heterocycles. The smallest absolute Gasteiger partial charge is 0.238 e. The van der Waals surface area contributed by atoms with Gasteiger partial charge in [0.1, 0.15) is 11.1 Å². The minimum absolute atomic E-state index is 0.190. The second-order valence-electron chi connectivity index (χ2n) is 7.07. The number of thiophene rings is 1. The Balaban J connectivity index is 1.46. The van der Waals surface area contributed by atoms with E-state index in [1.807, 2.05) is 53.1 Å². The number of anilines is 1. The number of para-hydroxylation sites is 1. The summed E-state index contributed by atoms with van der Waals surface area (Å²) in [5.41, 5.74) is 2.13. The molecule has 5 rings (SSSR count). The maximum absolute atomic E-state index is 12.8. The number of aromatic nitrogens is 3. The van der Waals surface area contributed by atoms with Crippen LogP contribution in [0.25, 0.3) is 17.1 Å². The molecule has 8 nitrogen and oxygen atoms in total. The van der Waals surface area contributed by atoms with Crippen LogP contribution >= 0.6 is 23.1 Å². The topological polar surface area (TPSA) is 102 Å². The molecule has 164 valence electrons. The number of carbonyl (C=O) groups is 1. The Morgan fingerprint density at radius 3 is 2.82 bits per heavy atom. The predicted octanol–water partition coefficient (Wildman–Crippen LogP) is 4.72. The lowest BCUT2D eigenvalue weighted by Gasteiger charge is -2.14. The second-order valence-corrected chi connectivity index (χ2v) is 9.29. The summed E-state index contributed by atoms with van der Waals surface area (Å²) >= 11 is 2.61. The lowest BCUT2D eigenvalue weighted by Crippen LogP contribution is -2.22. The van der Waals surface area contributed by atoms with Crippen LogP contribution in [-0.4, -0.2) is 32.7 Å². The quantitative estimate of drug-likeness (QED) is 0.403. The molecule has 33 heavy (non-hydrogen) atoms. The Bertz CT molecular complexity index is 1360. The summed E-state index contributed by atoms with van der Waals surface area (Å²) in [6, 6.07) is 19.1. The molecule has 0 spiro atoms. The highest BCUT2D eigenvalue weighted by molar-refractivity contribution is 8.00. The summed E-state index contributed by atoms with van der Waals surface area (Å²) in [7, 11) is 0. The SMILES string of the molecule is CC(Sc1nnc(-c2ccc3c(c2)OCO3)n1-c1ccccc1)C(=O)Nc1sccc1C#N. The van der Waals surface area contributed by atoms with Gasteiger partial charge in [-0.25, -0.2) is 0 Å². The summed E-state index contributed by atoms with van der Waals surface area (Å²) in [5, 5.41) is 23.3. The average Bonchev–Trinajstić information content (AvgIpc) is 3.58. The van der Waals surface area contributed by atoms with Crippen LogP contribution < -0.4 is 14.8 Å². The van der Waals surface area contributed by atoms with Gasteiger partial charge in [0.05, 0.1) is 10.8 Å². The summed E-state index contributed by atoms with van der Waals surface area (Å²) in [5.74, 6) is 1.75. The number of hydrogen-bond donors (Lipinski definition) is 1. The molecule has 1 N–H and O–H groups in total. The van der Waals surface area contributed by atoms with E-state index in [0.717, 1.165) is 11.3 Å². The number of amides is 1. The van der Waals surface area contributed by atoms with Crippen molar-refractivity contribution in [3.63, 3.8) is 0 Å².